The summed E-state index contributed by atoms with van der Waals surface area (Å²) in [4.78, 5) is 14.2. The van der Waals surface area contributed by atoms with Gasteiger partial charge < -0.3 is 14.4 Å². The van der Waals surface area contributed by atoms with E-state index in [1.54, 1.807) is 11.8 Å². The third kappa shape index (κ3) is 3.67. The first-order valence-corrected chi connectivity index (χ1v) is 8.05. The van der Waals surface area contributed by atoms with Crippen molar-refractivity contribution in [3.8, 4) is 0 Å². The van der Waals surface area contributed by atoms with Crippen molar-refractivity contribution in [2.24, 2.45) is 13.0 Å². The van der Waals surface area contributed by atoms with Crippen LogP contribution in [0, 0.1) is 5.92 Å². The quantitative estimate of drug-likeness (QED) is 0.754. The Bertz CT molecular complexity index is 512. The zero-order chi connectivity index (χ0) is 15.5. The third-order valence-electron chi connectivity index (χ3n) is 4.52. The molecule has 1 aromatic heterocycles. The fourth-order valence-corrected chi connectivity index (χ4v) is 3.14. The summed E-state index contributed by atoms with van der Waals surface area (Å²) < 4.78 is 12.9. The summed E-state index contributed by atoms with van der Waals surface area (Å²) in [6.07, 6.45) is 8.27. The number of aromatic nitrogens is 2. The van der Waals surface area contributed by atoms with E-state index in [9.17, 15) is 4.79 Å². The second-order valence-corrected chi connectivity index (χ2v) is 6.42. The predicted molar refractivity (Wildman–Crippen MR) is 81.4 cm³/mol. The SMILES string of the molecule is COCC(=O)N1CC[C@@H](OCC2CC2)[C@@H]1Cc1cnn(C)c1. The van der Waals surface area contributed by atoms with E-state index in [-0.39, 0.29) is 24.7 Å². The Hall–Kier alpha value is -1.40. The van der Waals surface area contributed by atoms with Gasteiger partial charge in [0.15, 0.2) is 0 Å². The summed E-state index contributed by atoms with van der Waals surface area (Å²) in [6.45, 7) is 1.72. The number of ether oxygens (including phenoxy) is 2. The maximum Gasteiger partial charge on any atom is 0.248 e. The summed E-state index contributed by atoms with van der Waals surface area (Å²) in [5.41, 5.74) is 1.14. The van der Waals surface area contributed by atoms with Crippen LogP contribution in [-0.2, 0) is 27.7 Å². The Labute approximate surface area is 131 Å². The predicted octanol–water partition coefficient (Wildman–Crippen LogP) is 1.01. The van der Waals surface area contributed by atoms with E-state index < -0.39 is 0 Å². The summed E-state index contributed by atoms with van der Waals surface area (Å²) >= 11 is 0. The zero-order valence-electron chi connectivity index (χ0n) is 13.4. The molecule has 6 heteroatoms. The molecule has 3 rings (SSSR count). The standard InChI is InChI=1S/C16H25N3O3/c1-18-9-13(8-17-18)7-14-15(22-10-12-3-4-12)5-6-19(14)16(20)11-21-2/h8-9,12,14-15H,3-7,10-11H2,1-2H3/t14-,15+/m0/s1. The monoisotopic (exact) mass is 307 g/mol. The number of carbonyl (C=O) groups is 1. The van der Waals surface area contributed by atoms with Gasteiger partial charge in [-0.2, -0.15) is 5.10 Å². The minimum absolute atomic E-state index is 0.0499. The molecule has 1 aliphatic carbocycles. The first-order valence-electron chi connectivity index (χ1n) is 8.05. The van der Waals surface area contributed by atoms with Crippen molar-refractivity contribution < 1.29 is 14.3 Å². The van der Waals surface area contributed by atoms with Crippen LogP contribution in [0.4, 0.5) is 0 Å². The van der Waals surface area contributed by atoms with Crippen LogP contribution in [0.2, 0.25) is 0 Å². The van der Waals surface area contributed by atoms with Crippen molar-refractivity contribution in [2.45, 2.75) is 37.8 Å². The molecule has 1 saturated carbocycles. The van der Waals surface area contributed by atoms with Crippen molar-refractivity contribution in [2.75, 3.05) is 26.9 Å². The zero-order valence-corrected chi connectivity index (χ0v) is 13.4. The average molecular weight is 307 g/mol. The largest absolute Gasteiger partial charge is 0.376 e. The van der Waals surface area contributed by atoms with Gasteiger partial charge in [-0.15, -0.1) is 0 Å². The molecule has 2 aliphatic rings. The van der Waals surface area contributed by atoms with Crippen LogP contribution in [0.15, 0.2) is 12.4 Å². The smallest absolute Gasteiger partial charge is 0.248 e. The van der Waals surface area contributed by atoms with Gasteiger partial charge in [-0.05, 0) is 37.2 Å². The number of hydrogen-bond donors (Lipinski definition) is 0. The molecule has 1 amide bonds. The number of aryl methyl sites for hydroxylation is 1. The number of hydrogen-bond acceptors (Lipinski definition) is 4. The number of rotatable bonds is 7. The number of carbonyl (C=O) groups excluding carboxylic acids is 1. The molecule has 122 valence electrons. The third-order valence-corrected chi connectivity index (χ3v) is 4.52. The second kappa shape index (κ2) is 6.79. The molecule has 2 fully saturated rings. The summed E-state index contributed by atoms with van der Waals surface area (Å²) in [6, 6.07) is 0.0885. The molecular formula is C16H25N3O3. The van der Waals surface area contributed by atoms with E-state index in [1.165, 1.54) is 12.8 Å². The average Bonchev–Trinajstić information content (AvgIpc) is 3.11. The van der Waals surface area contributed by atoms with Crippen molar-refractivity contribution in [3.63, 3.8) is 0 Å². The molecule has 0 aromatic carbocycles. The highest BCUT2D eigenvalue weighted by atomic mass is 16.5. The van der Waals surface area contributed by atoms with Gasteiger partial charge in [0.25, 0.3) is 0 Å². The molecule has 0 bridgehead atoms. The second-order valence-electron chi connectivity index (χ2n) is 6.42. The first-order chi connectivity index (χ1) is 10.7. The van der Waals surface area contributed by atoms with E-state index >= 15 is 0 Å². The topological polar surface area (TPSA) is 56.6 Å². The van der Waals surface area contributed by atoms with Gasteiger partial charge in [0.1, 0.15) is 6.61 Å². The van der Waals surface area contributed by atoms with Crippen LogP contribution in [-0.4, -0.2) is 59.6 Å². The van der Waals surface area contributed by atoms with Gasteiger partial charge in [-0.1, -0.05) is 0 Å². The molecule has 22 heavy (non-hydrogen) atoms. The number of nitrogens with zero attached hydrogens (tertiary/aromatic N) is 3. The van der Waals surface area contributed by atoms with E-state index in [4.69, 9.17) is 9.47 Å². The minimum Gasteiger partial charge on any atom is -0.376 e. The highest BCUT2D eigenvalue weighted by Crippen LogP contribution is 2.31. The van der Waals surface area contributed by atoms with Gasteiger partial charge in [0.05, 0.1) is 18.3 Å². The lowest BCUT2D eigenvalue weighted by molar-refractivity contribution is -0.137. The van der Waals surface area contributed by atoms with Crippen molar-refractivity contribution in [3.05, 3.63) is 18.0 Å². The lowest BCUT2D eigenvalue weighted by Gasteiger charge is -2.28. The molecule has 0 radical (unpaired) electrons. The Morgan fingerprint density at radius 2 is 2.23 bits per heavy atom. The van der Waals surface area contributed by atoms with Gasteiger partial charge >= 0.3 is 0 Å². The summed E-state index contributed by atoms with van der Waals surface area (Å²) in [7, 11) is 3.47. The van der Waals surface area contributed by atoms with Gasteiger partial charge in [-0.3, -0.25) is 9.48 Å². The van der Waals surface area contributed by atoms with Crippen LogP contribution in [0.1, 0.15) is 24.8 Å². The van der Waals surface area contributed by atoms with E-state index in [0.717, 1.165) is 37.5 Å². The maximum absolute atomic E-state index is 12.3. The lowest BCUT2D eigenvalue weighted by Crippen LogP contribution is -2.43. The van der Waals surface area contributed by atoms with Crippen molar-refractivity contribution >= 4 is 5.91 Å². The number of methoxy groups -OCH3 is 1. The van der Waals surface area contributed by atoms with Gasteiger partial charge in [0, 0.05) is 33.5 Å². The van der Waals surface area contributed by atoms with Crippen LogP contribution < -0.4 is 0 Å². The molecule has 0 unspecified atom stereocenters. The van der Waals surface area contributed by atoms with Crippen LogP contribution in [0.25, 0.3) is 0 Å². The summed E-state index contributed by atoms with van der Waals surface area (Å²) in [5, 5.41) is 4.22. The van der Waals surface area contributed by atoms with Crippen LogP contribution in [0.3, 0.4) is 0 Å². The Kier molecular flexibility index (Phi) is 4.78. The molecule has 0 spiro atoms. The Morgan fingerprint density at radius 3 is 2.86 bits per heavy atom. The van der Waals surface area contributed by atoms with E-state index in [0.29, 0.717) is 0 Å². The van der Waals surface area contributed by atoms with Crippen LogP contribution >= 0.6 is 0 Å². The van der Waals surface area contributed by atoms with Crippen molar-refractivity contribution in [1.82, 2.24) is 14.7 Å². The fourth-order valence-electron chi connectivity index (χ4n) is 3.14. The normalized spacial score (nSPS) is 24.9. The Morgan fingerprint density at radius 1 is 1.41 bits per heavy atom. The van der Waals surface area contributed by atoms with Crippen LogP contribution in [0.5, 0.6) is 0 Å². The number of likely N-dealkylation sites (tertiary alicyclic amines) is 1. The van der Waals surface area contributed by atoms with E-state index in [2.05, 4.69) is 5.10 Å². The maximum atomic E-state index is 12.3. The molecule has 0 N–H and O–H groups in total. The first kappa shape index (κ1) is 15.5. The van der Waals surface area contributed by atoms with E-state index in [1.807, 2.05) is 24.3 Å². The molecule has 1 aromatic rings. The van der Waals surface area contributed by atoms with Gasteiger partial charge in [0.2, 0.25) is 5.91 Å². The number of amides is 1. The molecule has 1 saturated heterocycles. The molecule has 6 nitrogen and oxygen atoms in total. The minimum atomic E-state index is 0.0499. The Balaban J connectivity index is 1.67. The molecule has 1 aliphatic heterocycles. The van der Waals surface area contributed by atoms with Gasteiger partial charge in [-0.25, -0.2) is 0 Å². The van der Waals surface area contributed by atoms with Crippen molar-refractivity contribution in [1.29, 1.82) is 0 Å². The lowest BCUT2D eigenvalue weighted by atomic mass is 10.0. The fraction of sp³-hybridized carbons (Fsp3) is 0.750. The highest BCUT2D eigenvalue weighted by Gasteiger charge is 2.38. The highest BCUT2D eigenvalue weighted by molar-refractivity contribution is 5.78. The molecule has 2 atom stereocenters. The molecular weight excluding hydrogens is 282 g/mol. The summed E-state index contributed by atoms with van der Waals surface area (Å²) in [5.74, 6) is 0.789. The molecule has 2 heterocycles.